The van der Waals surface area contributed by atoms with Crippen molar-refractivity contribution in [1.82, 2.24) is 0 Å². The van der Waals surface area contributed by atoms with Crippen molar-refractivity contribution in [2.75, 3.05) is 19.8 Å². The zero-order valence-electron chi connectivity index (χ0n) is 17.9. The first kappa shape index (κ1) is 32.4. The summed E-state index contributed by atoms with van der Waals surface area (Å²) in [5.74, 6) is -5.61. The molecule has 0 radical (unpaired) electrons. The van der Waals surface area contributed by atoms with Crippen molar-refractivity contribution in [3.8, 4) is 0 Å². The smallest absolute Gasteiger partial charge is 0.339 e. The Hall–Kier alpha value is -3.22. The number of rotatable bonds is 11. The van der Waals surface area contributed by atoms with E-state index in [4.69, 9.17) is 20.1 Å². The molecule has 0 aromatic heterocycles. The summed E-state index contributed by atoms with van der Waals surface area (Å²) in [6.45, 7) is 6.05. The molecule has 0 heterocycles. The van der Waals surface area contributed by atoms with E-state index in [9.17, 15) is 29.1 Å². The van der Waals surface area contributed by atoms with Gasteiger partial charge in [-0.25, -0.2) is 4.79 Å². The molecule has 0 saturated heterocycles. The van der Waals surface area contributed by atoms with Crippen LogP contribution >= 0.6 is 0 Å². The van der Waals surface area contributed by atoms with E-state index in [1.165, 1.54) is 0 Å². The van der Waals surface area contributed by atoms with Gasteiger partial charge in [-0.05, 0) is 20.8 Å². The van der Waals surface area contributed by atoms with Crippen LogP contribution in [-0.2, 0) is 43.0 Å². The first-order valence-electron chi connectivity index (χ1n) is 9.09. The van der Waals surface area contributed by atoms with Crippen LogP contribution in [0, 0.1) is 0 Å². The molecule has 0 aromatic carbocycles. The third-order valence-corrected chi connectivity index (χ3v) is 2.69. The summed E-state index contributed by atoms with van der Waals surface area (Å²) in [7, 11) is 0. The van der Waals surface area contributed by atoms with Crippen LogP contribution in [-0.4, -0.2) is 81.7 Å². The molecule has 4 N–H and O–H groups in total. The lowest BCUT2D eigenvalue weighted by Gasteiger charge is -2.23. The molecule has 0 atom stereocenters. The van der Waals surface area contributed by atoms with Gasteiger partial charge in [0.05, 0.1) is 45.5 Å². The Bertz CT molecular complexity index is 559. The van der Waals surface area contributed by atoms with Crippen LogP contribution in [0.25, 0.3) is 0 Å². The van der Waals surface area contributed by atoms with Gasteiger partial charge in [-0.2, -0.15) is 0 Å². The molecular weight excluding hydrogens is 424 g/mol. The third kappa shape index (κ3) is 22.9. The molecule has 180 valence electrons. The Morgan fingerprint density at radius 2 is 0.968 bits per heavy atom. The van der Waals surface area contributed by atoms with Crippen molar-refractivity contribution < 1.29 is 63.4 Å². The average Bonchev–Trinajstić information content (AvgIpc) is 2.60. The van der Waals surface area contributed by atoms with Gasteiger partial charge in [0, 0.05) is 6.92 Å². The van der Waals surface area contributed by atoms with Crippen LogP contribution in [0.3, 0.4) is 0 Å². The molecule has 0 fully saturated rings. The van der Waals surface area contributed by atoms with E-state index in [1.807, 2.05) is 0 Å². The van der Waals surface area contributed by atoms with E-state index < -0.39 is 54.3 Å². The maximum Gasteiger partial charge on any atom is 0.339 e. The fourth-order valence-corrected chi connectivity index (χ4v) is 1.59. The predicted octanol–water partition coefficient (Wildman–Crippen LogP) is 0.214. The van der Waals surface area contributed by atoms with Gasteiger partial charge in [0.25, 0.3) is 5.97 Å². The van der Waals surface area contributed by atoms with Crippen LogP contribution in [0.15, 0.2) is 0 Å². The average molecular weight is 454 g/mol. The minimum Gasteiger partial charge on any atom is -0.481 e. The topological polar surface area (TPSA) is 211 Å². The lowest BCUT2D eigenvalue weighted by molar-refractivity contribution is -0.177. The molecule has 13 heteroatoms. The summed E-state index contributed by atoms with van der Waals surface area (Å²) in [6.07, 6.45) is -1.90. The number of hydrogen-bond donors (Lipinski definition) is 4. The number of ether oxygens (including phenoxy) is 3. The van der Waals surface area contributed by atoms with Gasteiger partial charge >= 0.3 is 29.8 Å². The minimum absolute atomic E-state index is 0.0206. The summed E-state index contributed by atoms with van der Waals surface area (Å²) in [5.41, 5.74) is -2.26. The van der Waals surface area contributed by atoms with Crippen molar-refractivity contribution >= 4 is 35.8 Å². The Morgan fingerprint density at radius 1 is 0.677 bits per heavy atom. The zero-order chi connectivity index (χ0) is 25.0. The Labute approximate surface area is 178 Å². The lowest BCUT2D eigenvalue weighted by Crippen LogP contribution is -2.44. The SMILES string of the molecule is CC(=O)O.CCOC(=O)CC(O)(CC(=O)OCC)C(=O)OCC.O=C(O)CCC(=O)O. The van der Waals surface area contributed by atoms with Crippen molar-refractivity contribution in [3.63, 3.8) is 0 Å². The van der Waals surface area contributed by atoms with E-state index in [-0.39, 0.29) is 32.7 Å². The second-order valence-corrected chi connectivity index (χ2v) is 5.52. The number of carboxylic acids is 3. The predicted molar refractivity (Wildman–Crippen MR) is 102 cm³/mol. The first-order valence-corrected chi connectivity index (χ1v) is 9.09. The molecule has 0 saturated carbocycles. The van der Waals surface area contributed by atoms with E-state index in [0.29, 0.717) is 0 Å². The van der Waals surface area contributed by atoms with Crippen LogP contribution < -0.4 is 0 Å². The standard InChI is InChI=1S/C12H20O7.C4H6O4.C2H4O2/c1-4-17-9(13)7-12(16,11(15)19-6-3)8-10(14)18-5-2;5-3(6)1-2-4(7)8;1-2(3)4/h16H,4-8H2,1-3H3;1-2H2,(H,5,6)(H,7,8);1H3,(H,3,4). The second kappa shape index (κ2) is 18.8. The van der Waals surface area contributed by atoms with Crippen LogP contribution in [0.2, 0.25) is 0 Å². The number of aliphatic hydroxyl groups is 1. The number of carbonyl (C=O) groups is 6. The highest BCUT2D eigenvalue weighted by atomic mass is 16.6. The molecule has 0 aromatic rings. The molecule has 0 aliphatic carbocycles. The van der Waals surface area contributed by atoms with Gasteiger partial charge in [0.1, 0.15) is 0 Å². The molecule has 0 rings (SSSR count). The quantitative estimate of drug-likeness (QED) is 0.243. The summed E-state index contributed by atoms with van der Waals surface area (Å²) < 4.78 is 14.0. The largest absolute Gasteiger partial charge is 0.481 e. The monoisotopic (exact) mass is 454 g/mol. The van der Waals surface area contributed by atoms with E-state index in [1.54, 1.807) is 20.8 Å². The zero-order valence-corrected chi connectivity index (χ0v) is 17.9. The fourth-order valence-electron chi connectivity index (χ4n) is 1.59. The number of aliphatic carboxylic acids is 3. The summed E-state index contributed by atoms with van der Waals surface area (Å²) >= 11 is 0. The summed E-state index contributed by atoms with van der Waals surface area (Å²) in [6, 6.07) is 0. The Morgan fingerprint density at radius 3 is 1.19 bits per heavy atom. The minimum atomic E-state index is -2.26. The maximum absolute atomic E-state index is 11.7. The van der Waals surface area contributed by atoms with Crippen LogP contribution in [0.1, 0.15) is 53.4 Å². The van der Waals surface area contributed by atoms with E-state index in [0.717, 1.165) is 6.92 Å². The molecule has 0 aliphatic rings. The van der Waals surface area contributed by atoms with Gasteiger partial charge < -0.3 is 34.6 Å². The van der Waals surface area contributed by atoms with Crippen molar-refractivity contribution in [2.45, 2.75) is 59.0 Å². The summed E-state index contributed by atoms with van der Waals surface area (Å²) in [5, 5.41) is 33.3. The summed E-state index contributed by atoms with van der Waals surface area (Å²) in [4.78, 5) is 62.7. The number of esters is 3. The molecule has 0 spiro atoms. The van der Waals surface area contributed by atoms with Crippen molar-refractivity contribution in [1.29, 1.82) is 0 Å². The fraction of sp³-hybridized carbons (Fsp3) is 0.667. The van der Waals surface area contributed by atoms with E-state index in [2.05, 4.69) is 14.2 Å². The van der Waals surface area contributed by atoms with Crippen molar-refractivity contribution in [3.05, 3.63) is 0 Å². The molecule has 0 amide bonds. The lowest BCUT2D eigenvalue weighted by atomic mass is 9.95. The second-order valence-electron chi connectivity index (χ2n) is 5.52. The van der Waals surface area contributed by atoms with E-state index >= 15 is 0 Å². The molecule has 31 heavy (non-hydrogen) atoms. The van der Waals surface area contributed by atoms with Gasteiger partial charge in [0.15, 0.2) is 5.60 Å². The first-order chi connectivity index (χ1) is 14.2. The maximum atomic E-state index is 11.7. The van der Waals surface area contributed by atoms with Crippen molar-refractivity contribution in [2.24, 2.45) is 0 Å². The highest BCUT2D eigenvalue weighted by Crippen LogP contribution is 2.19. The van der Waals surface area contributed by atoms with Crippen LogP contribution in [0.5, 0.6) is 0 Å². The van der Waals surface area contributed by atoms with Crippen LogP contribution in [0.4, 0.5) is 0 Å². The van der Waals surface area contributed by atoms with Gasteiger partial charge in [0.2, 0.25) is 0 Å². The highest BCUT2D eigenvalue weighted by molar-refractivity contribution is 5.90. The molecular formula is C18H30O13. The number of carboxylic acid groups (broad SMARTS) is 3. The molecule has 0 aliphatic heterocycles. The normalized spacial score (nSPS) is 9.58. The number of carbonyl (C=O) groups excluding carboxylic acids is 3. The number of hydrogen-bond acceptors (Lipinski definition) is 10. The third-order valence-electron chi connectivity index (χ3n) is 2.69. The van der Waals surface area contributed by atoms with Gasteiger partial charge in [-0.3, -0.25) is 24.0 Å². The van der Waals surface area contributed by atoms with Gasteiger partial charge in [-0.1, -0.05) is 0 Å². The highest BCUT2D eigenvalue weighted by Gasteiger charge is 2.43. The molecule has 13 nitrogen and oxygen atoms in total. The molecule has 0 unspecified atom stereocenters. The Kier molecular flexibility index (Phi) is 19.7. The van der Waals surface area contributed by atoms with Gasteiger partial charge in [-0.15, -0.1) is 0 Å². The Balaban J connectivity index is -0.000000536. The molecule has 0 bridgehead atoms.